The van der Waals surface area contributed by atoms with Crippen LogP contribution in [0.3, 0.4) is 0 Å². The van der Waals surface area contributed by atoms with Crippen LogP contribution in [0.5, 0.6) is 0 Å². The van der Waals surface area contributed by atoms with Crippen LogP contribution < -0.4 is 10.2 Å². The maximum Gasteiger partial charge on any atom is 0.146 e. The van der Waals surface area contributed by atoms with Crippen molar-refractivity contribution in [1.29, 1.82) is 0 Å². The third-order valence-corrected chi connectivity index (χ3v) is 5.47. The van der Waals surface area contributed by atoms with Crippen molar-refractivity contribution in [3.05, 3.63) is 29.6 Å². The molecule has 21 heavy (non-hydrogen) atoms. The zero-order valence-corrected chi connectivity index (χ0v) is 14.2. The maximum atomic E-state index is 14.5. The lowest BCUT2D eigenvalue weighted by molar-refractivity contribution is 0.557. The average molecular weight is 310 g/mol. The number of rotatable bonds is 6. The number of halogens is 1. The van der Waals surface area contributed by atoms with Crippen LogP contribution in [-0.2, 0) is 0 Å². The van der Waals surface area contributed by atoms with Gasteiger partial charge in [0.15, 0.2) is 0 Å². The lowest BCUT2D eigenvalue weighted by atomic mass is 10.0. The summed E-state index contributed by atoms with van der Waals surface area (Å²) in [5.74, 6) is 1.00. The Morgan fingerprint density at radius 2 is 2.24 bits per heavy atom. The Hall–Kier alpha value is -0.740. The highest BCUT2D eigenvalue weighted by Gasteiger charge is 2.24. The largest absolute Gasteiger partial charge is 0.367 e. The number of hydrogen-bond acceptors (Lipinski definition) is 3. The normalized spacial score (nSPS) is 20.6. The molecule has 1 saturated heterocycles. The molecule has 4 heteroatoms. The third kappa shape index (κ3) is 4.13. The minimum absolute atomic E-state index is 0.0839. The summed E-state index contributed by atoms with van der Waals surface area (Å²) in [7, 11) is 0. The van der Waals surface area contributed by atoms with Crippen LogP contribution in [0.15, 0.2) is 18.2 Å². The zero-order valence-electron chi connectivity index (χ0n) is 13.4. The quantitative estimate of drug-likeness (QED) is 0.847. The first kappa shape index (κ1) is 16.6. The van der Waals surface area contributed by atoms with Crippen molar-refractivity contribution in [3.63, 3.8) is 0 Å². The van der Waals surface area contributed by atoms with E-state index in [-0.39, 0.29) is 11.9 Å². The first-order valence-electron chi connectivity index (χ1n) is 8.05. The van der Waals surface area contributed by atoms with E-state index in [0.29, 0.717) is 5.25 Å². The van der Waals surface area contributed by atoms with Gasteiger partial charge in [0.2, 0.25) is 0 Å². The van der Waals surface area contributed by atoms with Crippen LogP contribution in [0.1, 0.15) is 45.2 Å². The van der Waals surface area contributed by atoms with Crippen molar-refractivity contribution in [2.24, 2.45) is 0 Å². The minimum Gasteiger partial charge on any atom is -0.367 e. The molecule has 1 aromatic carbocycles. The van der Waals surface area contributed by atoms with Gasteiger partial charge in [-0.25, -0.2) is 4.39 Å². The topological polar surface area (TPSA) is 15.3 Å². The summed E-state index contributed by atoms with van der Waals surface area (Å²) >= 11 is 2.02. The van der Waals surface area contributed by atoms with Gasteiger partial charge in [-0.1, -0.05) is 26.0 Å². The molecule has 0 radical (unpaired) electrons. The fourth-order valence-corrected chi connectivity index (χ4v) is 4.04. The van der Waals surface area contributed by atoms with Crippen LogP contribution in [-0.4, -0.2) is 30.6 Å². The zero-order chi connectivity index (χ0) is 15.2. The number of anilines is 1. The van der Waals surface area contributed by atoms with Crippen molar-refractivity contribution < 1.29 is 4.39 Å². The van der Waals surface area contributed by atoms with Crippen LogP contribution in [0.25, 0.3) is 0 Å². The predicted octanol–water partition coefficient (Wildman–Crippen LogP) is 4.22. The molecule has 1 heterocycles. The summed E-state index contributed by atoms with van der Waals surface area (Å²) in [6.45, 7) is 9.36. The minimum atomic E-state index is -0.0839. The van der Waals surface area contributed by atoms with Crippen molar-refractivity contribution in [3.8, 4) is 0 Å². The smallest absolute Gasteiger partial charge is 0.146 e. The molecule has 1 aromatic rings. The van der Waals surface area contributed by atoms with Gasteiger partial charge >= 0.3 is 0 Å². The van der Waals surface area contributed by atoms with Crippen molar-refractivity contribution in [2.75, 3.05) is 30.3 Å². The molecular weight excluding hydrogens is 283 g/mol. The van der Waals surface area contributed by atoms with E-state index in [1.54, 1.807) is 6.07 Å². The van der Waals surface area contributed by atoms with Gasteiger partial charge in [-0.05, 0) is 37.9 Å². The fraction of sp³-hybridized carbons (Fsp3) is 0.647. The first-order valence-corrected chi connectivity index (χ1v) is 9.10. The van der Waals surface area contributed by atoms with Crippen molar-refractivity contribution in [1.82, 2.24) is 5.32 Å². The van der Waals surface area contributed by atoms with E-state index in [4.69, 9.17) is 0 Å². The molecule has 0 spiro atoms. The number of benzene rings is 1. The fourth-order valence-electron chi connectivity index (χ4n) is 2.86. The van der Waals surface area contributed by atoms with Crippen LogP contribution in [0.2, 0.25) is 0 Å². The Kier molecular flexibility index (Phi) is 6.37. The third-order valence-electron chi connectivity index (χ3n) is 4.10. The van der Waals surface area contributed by atoms with E-state index in [9.17, 15) is 4.39 Å². The number of nitrogens with zero attached hydrogens (tertiary/aromatic N) is 1. The molecule has 1 fully saturated rings. The highest BCUT2D eigenvalue weighted by Crippen LogP contribution is 2.33. The Morgan fingerprint density at radius 1 is 1.43 bits per heavy atom. The molecule has 0 amide bonds. The molecule has 0 aliphatic carbocycles. The summed E-state index contributed by atoms with van der Waals surface area (Å²) in [5.41, 5.74) is 1.90. The van der Waals surface area contributed by atoms with Gasteiger partial charge in [-0.15, -0.1) is 0 Å². The second kappa shape index (κ2) is 8.04. The molecule has 0 bridgehead atoms. The molecule has 2 atom stereocenters. The SMILES string of the molecule is CCCNC(C)c1cccc(F)c1N1CCSC(CC)C1. The highest BCUT2D eigenvalue weighted by molar-refractivity contribution is 8.00. The monoisotopic (exact) mass is 310 g/mol. The Labute approximate surface area is 132 Å². The van der Waals surface area contributed by atoms with Crippen LogP contribution in [0, 0.1) is 5.82 Å². The summed E-state index contributed by atoms with van der Waals surface area (Å²) in [6.07, 6.45) is 2.24. The van der Waals surface area contributed by atoms with Gasteiger partial charge in [0.25, 0.3) is 0 Å². The molecule has 118 valence electrons. The number of thioether (sulfide) groups is 1. The van der Waals surface area contributed by atoms with E-state index < -0.39 is 0 Å². The van der Waals surface area contributed by atoms with E-state index in [2.05, 4.69) is 37.1 Å². The molecule has 2 rings (SSSR count). The number of hydrogen-bond donors (Lipinski definition) is 1. The van der Waals surface area contributed by atoms with E-state index in [1.807, 2.05) is 17.8 Å². The number of nitrogens with one attached hydrogen (secondary N) is 1. The average Bonchev–Trinajstić information content (AvgIpc) is 2.52. The second-order valence-corrected chi connectivity index (χ2v) is 7.11. The molecule has 1 aliphatic rings. The van der Waals surface area contributed by atoms with Gasteiger partial charge in [0.1, 0.15) is 5.82 Å². The Morgan fingerprint density at radius 3 is 2.95 bits per heavy atom. The van der Waals surface area contributed by atoms with Crippen LogP contribution >= 0.6 is 11.8 Å². The molecular formula is C17H27FN2S. The standard InChI is InChI=1S/C17H27FN2S/c1-4-9-19-13(3)15-7-6-8-16(18)17(15)20-10-11-21-14(5-2)12-20/h6-8,13-14,19H,4-5,9-12H2,1-3H3. The molecule has 1 aliphatic heterocycles. The Balaban J connectivity index is 2.24. The molecule has 1 N–H and O–H groups in total. The molecule has 0 saturated carbocycles. The van der Waals surface area contributed by atoms with Gasteiger partial charge in [-0.3, -0.25) is 0 Å². The summed E-state index contributed by atoms with van der Waals surface area (Å²) < 4.78 is 14.5. The van der Waals surface area contributed by atoms with Crippen LogP contribution in [0.4, 0.5) is 10.1 Å². The van der Waals surface area contributed by atoms with E-state index in [0.717, 1.165) is 49.5 Å². The first-order chi connectivity index (χ1) is 10.2. The van der Waals surface area contributed by atoms with Gasteiger partial charge < -0.3 is 10.2 Å². The molecule has 2 unspecified atom stereocenters. The van der Waals surface area contributed by atoms with Gasteiger partial charge in [0.05, 0.1) is 5.69 Å². The number of para-hydroxylation sites is 1. The van der Waals surface area contributed by atoms with Gasteiger partial charge in [0, 0.05) is 30.1 Å². The molecule has 2 nitrogen and oxygen atoms in total. The predicted molar refractivity (Wildman–Crippen MR) is 91.9 cm³/mol. The Bertz CT molecular complexity index is 452. The highest BCUT2D eigenvalue weighted by atomic mass is 32.2. The van der Waals surface area contributed by atoms with E-state index >= 15 is 0 Å². The van der Waals surface area contributed by atoms with Gasteiger partial charge in [-0.2, -0.15) is 11.8 Å². The molecule has 0 aromatic heterocycles. The maximum absolute atomic E-state index is 14.5. The lowest BCUT2D eigenvalue weighted by Crippen LogP contribution is -2.39. The lowest BCUT2D eigenvalue weighted by Gasteiger charge is -2.36. The second-order valence-electron chi connectivity index (χ2n) is 5.70. The summed E-state index contributed by atoms with van der Waals surface area (Å²) in [4.78, 5) is 2.25. The van der Waals surface area contributed by atoms with Crippen molar-refractivity contribution >= 4 is 17.4 Å². The van der Waals surface area contributed by atoms with E-state index in [1.165, 1.54) is 0 Å². The van der Waals surface area contributed by atoms with Crippen molar-refractivity contribution in [2.45, 2.75) is 44.9 Å². The summed E-state index contributed by atoms with van der Waals surface area (Å²) in [6, 6.07) is 5.67. The summed E-state index contributed by atoms with van der Waals surface area (Å²) in [5, 5.41) is 4.10.